The third kappa shape index (κ3) is 4.99. The van der Waals surface area contributed by atoms with Crippen LogP contribution in [0, 0.1) is 0 Å². The second kappa shape index (κ2) is 6.42. The second-order valence-corrected chi connectivity index (χ2v) is 7.00. The molecule has 4 heteroatoms. The molecule has 0 amide bonds. The number of hydrogen-bond donors (Lipinski definition) is 2. The molecule has 0 saturated heterocycles. The number of hydrogen-bond acceptors (Lipinski definition) is 4. The molecule has 0 fully saturated rings. The number of aromatic nitrogens is 2. The molecule has 1 heterocycles. The molecule has 0 radical (unpaired) electrons. The largest absolute Gasteiger partial charge is 0.370 e. The molecule has 0 unspecified atom stereocenters. The van der Waals surface area contributed by atoms with E-state index in [4.69, 9.17) is 4.98 Å². The SMILES string of the molecule is CCCC(C)(C)Nc1cc(NCC)nc(C(C)(C)C)n1. The number of nitrogens with one attached hydrogen (secondary N) is 2. The van der Waals surface area contributed by atoms with Crippen molar-refractivity contribution in [1.29, 1.82) is 0 Å². The molecule has 0 aliphatic rings. The topological polar surface area (TPSA) is 49.8 Å². The van der Waals surface area contributed by atoms with E-state index in [-0.39, 0.29) is 11.0 Å². The summed E-state index contributed by atoms with van der Waals surface area (Å²) in [6, 6.07) is 2.00. The zero-order valence-electron chi connectivity index (χ0n) is 14.1. The quantitative estimate of drug-likeness (QED) is 0.819. The first-order valence-corrected chi connectivity index (χ1v) is 7.59. The molecule has 0 spiro atoms. The third-order valence-corrected chi connectivity index (χ3v) is 3.10. The average Bonchev–Trinajstić information content (AvgIpc) is 2.26. The van der Waals surface area contributed by atoms with Crippen molar-refractivity contribution in [1.82, 2.24) is 9.97 Å². The van der Waals surface area contributed by atoms with Gasteiger partial charge in [0.2, 0.25) is 0 Å². The standard InChI is InChI=1S/C16H30N4/c1-8-10-16(6,7)20-13-11-12(17-9-2)18-14(19-13)15(3,4)5/h11H,8-10H2,1-7H3,(H2,17,18,19,20). The van der Waals surface area contributed by atoms with Gasteiger partial charge in [-0.3, -0.25) is 0 Å². The van der Waals surface area contributed by atoms with Crippen LogP contribution in [0.5, 0.6) is 0 Å². The molecule has 0 aliphatic carbocycles. The molecule has 1 rings (SSSR count). The van der Waals surface area contributed by atoms with Gasteiger partial charge in [0, 0.05) is 23.6 Å². The first-order chi connectivity index (χ1) is 9.18. The van der Waals surface area contributed by atoms with E-state index in [1.165, 1.54) is 0 Å². The summed E-state index contributed by atoms with van der Waals surface area (Å²) in [7, 11) is 0. The van der Waals surface area contributed by atoms with Crippen molar-refractivity contribution in [2.75, 3.05) is 17.2 Å². The third-order valence-electron chi connectivity index (χ3n) is 3.10. The number of nitrogens with zero attached hydrogens (tertiary/aromatic N) is 2. The summed E-state index contributed by atoms with van der Waals surface area (Å²) in [6.07, 6.45) is 2.26. The highest BCUT2D eigenvalue weighted by Crippen LogP contribution is 2.25. The van der Waals surface area contributed by atoms with Gasteiger partial charge in [0.1, 0.15) is 17.5 Å². The number of rotatable bonds is 6. The van der Waals surface area contributed by atoms with Crippen LogP contribution in [-0.2, 0) is 5.41 Å². The molecule has 0 bridgehead atoms. The van der Waals surface area contributed by atoms with E-state index < -0.39 is 0 Å². The Labute approximate surface area is 123 Å². The smallest absolute Gasteiger partial charge is 0.138 e. The predicted octanol–water partition coefficient (Wildman–Crippen LogP) is 4.20. The minimum absolute atomic E-state index is 0.0434. The van der Waals surface area contributed by atoms with Crippen molar-refractivity contribution < 1.29 is 0 Å². The molecule has 4 nitrogen and oxygen atoms in total. The fourth-order valence-corrected chi connectivity index (χ4v) is 2.15. The lowest BCUT2D eigenvalue weighted by Crippen LogP contribution is -2.31. The fraction of sp³-hybridized carbons (Fsp3) is 0.750. The Balaban J connectivity index is 3.09. The predicted molar refractivity (Wildman–Crippen MR) is 87.5 cm³/mol. The summed E-state index contributed by atoms with van der Waals surface area (Å²) in [5.41, 5.74) is -0.0154. The van der Waals surface area contributed by atoms with Crippen molar-refractivity contribution >= 4 is 11.6 Å². The lowest BCUT2D eigenvalue weighted by atomic mass is 9.95. The Hall–Kier alpha value is -1.32. The monoisotopic (exact) mass is 278 g/mol. The van der Waals surface area contributed by atoms with E-state index in [9.17, 15) is 0 Å². The molecule has 0 atom stereocenters. The normalized spacial score (nSPS) is 12.3. The molecular weight excluding hydrogens is 248 g/mol. The molecule has 114 valence electrons. The van der Waals surface area contributed by atoms with Gasteiger partial charge in [0.05, 0.1) is 0 Å². The molecule has 0 aromatic carbocycles. The zero-order chi connectivity index (χ0) is 15.4. The molecule has 1 aromatic heterocycles. The summed E-state index contributed by atoms with van der Waals surface area (Å²) in [6.45, 7) is 16.0. The van der Waals surface area contributed by atoms with Gasteiger partial charge in [-0.1, -0.05) is 34.1 Å². The second-order valence-electron chi connectivity index (χ2n) is 7.00. The van der Waals surface area contributed by atoms with Gasteiger partial charge in [0.25, 0.3) is 0 Å². The van der Waals surface area contributed by atoms with E-state index in [1.807, 2.05) is 6.07 Å². The van der Waals surface area contributed by atoms with Crippen LogP contribution in [0.25, 0.3) is 0 Å². The van der Waals surface area contributed by atoms with Crippen molar-refractivity contribution in [3.63, 3.8) is 0 Å². The minimum Gasteiger partial charge on any atom is -0.370 e. The van der Waals surface area contributed by atoms with Crippen LogP contribution in [0.2, 0.25) is 0 Å². The van der Waals surface area contributed by atoms with Crippen LogP contribution in [0.1, 0.15) is 67.1 Å². The summed E-state index contributed by atoms with van der Waals surface area (Å²) < 4.78 is 0. The summed E-state index contributed by atoms with van der Waals surface area (Å²) in [4.78, 5) is 9.30. The Morgan fingerprint density at radius 1 is 1.00 bits per heavy atom. The first kappa shape index (κ1) is 16.7. The van der Waals surface area contributed by atoms with Crippen LogP contribution in [0.3, 0.4) is 0 Å². The van der Waals surface area contributed by atoms with Crippen molar-refractivity contribution in [2.45, 2.75) is 72.3 Å². The lowest BCUT2D eigenvalue weighted by molar-refractivity contribution is 0.504. The summed E-state index contributed by atoms with van der Waals surface area (Å²) in [5.74, 6) is 2.66. The maximum absolute atomic E-state index is 4.69. The van der Waals surface area contributed by atoms with Gasteiger partial charge >= 0.3 is 0 Å². The highest BCUT2D eigenvalue weighted by atomic mass is 15.1. The van der Waals surface area contributed by atoms with Gasteiger partial charge in [-0.15, -0.1) is 0 Å². The zero-order valence-corrected chi connectivity index (χ0v) is 14.1. The van der Waals surface area contributed by atoms with Crippen LogP contribution in [0.15, 0.2) is 6.07 Å². The highest BCUT2D eigenvalue weighted by molar-refractivity contribution is 5.49. The maximum atomic E-state index is 4.69. The van der Waals surface area contributed by atoms with Gasteiger partial charge in [-0.05, 0) is 27.2 Å². The Kier molecular flexibility index (Phi) is 5.37. The van der Waals surface area contributed by atoms with Crippen LogP contribution >= 0.6 is 0 Å². The highest BCUT2D eigenvalue weighted by Gasteiger charge is 2.22. The van der Waals surface area contributed by atoms with E-state index in [1.54, 1.807) is 0 Å². The average molecular weight is 278 g/mol. The minimum atomic E-state index is -0.0588. The summed E-state index contributed by atoms with van der Waals surface area (Å²) in [5, 5.41) is 6.83. The fourth-order valence-electron chi connectivity index (χ4n) is 2.15. The van der Waals surface area contributed by atoms with Gasteiger partial charge in [-0.25, -0.2) is 9.97 Å². The van der Waals surface area contributed by atoms with E-state index >= 15 is 0 Å². The summed E-state index contributed by atoms with van der Waals surface area (Å²) >= 11 is 0. The van der Waals surface area contributed by atoms with E-state index in [2.05, 4.69) is 64.1 Å². The Morgan fingerprint density at radius 3 is 2.10 bits per heavy atom. The molecule has 2 N–H and O–H groups in total. The van der Waals surface area contributed by atoms with E-state index in [0.717, 1.165) is 36.8 Å². The molecule has 1 aromatic rings. The van der Waals surface area contributed by atoms with Crippen LogP contribution in [-0.4, -0.2) is 22.1 Å². The van der Waals surface area contributed by atoms with Crippen molar-refractivity contribution in [3.8, 4) is 0 Å². The maximum Gasteiger partial charge on any atom is 0.138 e. The van der Waals surface area contributed by atoms with Crippen LogP contribution < -0.4 is 10.6 Å². The van der Waals surface area contributed by atoms with Crippen LogP contribution in [0.4, 0.5) is 11.6 Å². The molecule has 20 heavy (non-hydrogen) atoms. The molecule has 0 aliphatic heterocycles. The first-order valence-electron chi connectivity index (χ1n) is 7.59. The van der Waals surface area contributed by atoms with Crippen molar-refractivity contribution in [3.05, 3.63) is 11.9 Å². The number of anilines is 2. The van der Waals surface area contributed by atoms with Crippen molar-refractivity contribution in [2.24, 2.45) is 0 Å². The Bertz CT molecular complexity index is 433. The van der Waals surface area contributed by atoms with E-state index in [0.29, 0.717) is 0 Å². The van der Waals surface area contributed by atoms with Gasteiger partial charge in [0.15, 0.2) is 0 Å². The van der Waals surface area contributed by atoms with Gasteiger partial charge in [-0.2, -0.15) is 0 Å². The lowest BCUT2D eigenvalue weighted by Gasteiger charge is -2.28. The molecular formula is C16H30N4. The van der Waals surface area contributed by atoms with Gasteiger partial charge < -0.3 is 10.6 Å². The molecule has 0 saturated carbocycles. The Morgan fingerprint density at radius 2 is 1.60 bits per heavy atom.